The lowest BCUT2D eigenvalue weighted by atomic mass is 9.42. The zero-order valence-corrected chi connectivity index (χ0v) is 33.3. The number of benzene rings is 9. The Hall–Kier alpha value is -7.56. The molecule has 0 bridgehead atoms. The molecule has 3 nitrogen and oxygen atoms in total. The number of nitrogens with zero attached hydrogens (tertiary/aromatic N) is 3. The Morgan fingerprint density at radius 1 is 0.433 bits per heavy atom. The van der Waals surface area contributed by atoms with Gasteiger partial charge in [0, 0.05) is 45.4 Å². The Morgan fingerprint density at radius 2 is 1.00 bits per heavy atom. The van der Waals surface area contributed by atoms with E-state index in [0.29, 0.717) is 0 Å². The minimum Gasteiger partial charge on any atom is -0.376 e. The standard InChI is InChI=1S/C56H40BN3/c1-39-36-47-46-38-45(58(42-24-11-4-12-25-42)43-26-13-5-14-27-43)34-35-51(46)60(44-28-15-6-16-29-44)57-50-32-19-31-49-55(50)59(53(37-39)54(47)57)52-33-18-17-30-48(52)56(49,40-20-7-2-8-21-40)41-22-9-3-10-23-41/h2-38H,1H3. The van der Waals surface area contributed by atoms with Crippen LogP contribution in [0.1, 0.15) is 27.8 Å². The first-order valence-corrected chi connectivity index (χ1v) is 20.9. The predicted molar refractivity (Wildman–Crippen MR) is 251 cm³/mol. The summed E-state index contributed by atoms with van der Waals surface area (Å²) >= 11 is 0. The van der Waals surface area contributed by atoms with Crippen molar-refractivity contribution in [2.75, 3.05) is 14.6 Å². The van der Waals surface area contributed by atoms with Crippen molar-refractivity contribution in [1.82, 2.24) is 0 Å². The van der Waals surface area contributed by atoms with Crippen LogP contribution in [0.25, 0.3) is 11.1 Å². The van der Waals surface area contributed by atoms with Crippen molar-refractivity contribution in [3.8, 4) is 11.1 Å². The molecular weight excluding hydrogens is 725 g/mol. The zero-order valence-electron chi connectivity index (χ0n) is 33.3. The number of rotatable bonds is 6. The normalized spacial score (nSPS) is 13.8. The number of para-hydroxylation sites is 5. The van der Waals surface area contributed by atoms with Crippen molar-refractivity contribution in [3.05, 3.63) is 252 Å². The molecule has 0 unspecified atom stereocenters. The molecule has 9 aromatic carbocycles. The zero-order chi connectivity index (χ0) is 39.8. The molecule has 0 N–H and O–H groups in total. The molecule has 3 aliphatic rings. The van der Waals surface area contributed by atoms with Gasteiger partial charge in [-0.2, -0.15) is 0 Å². The van der Waals surface area contributed by atoms with Gasteiger partial charge in [-0.3, -0.25) is 0 Å². The molecule has 0 aliphatic carbocycles. The third kappa shape index (κ3) is 4.91. The lowest BCUT2D eigenvalue weighted by Crippen LogP contribution is -2.62. The summed E-state index contributed by atoms with van der Waals surface area (Å²) in [4.78, 5) is 7.58. The van der Waals surface area contributed by atoms with Crippen LogP contribution < -0.4 is 25.5 Å². The second-order valence-corrected chi connectivity index (χ2v) is 16.1. The lowest BCUT2D eigenvalue weighted by molar-refractivity contribution is 0.732. The summed E-state index contributed by atoms with van der Waals surface area (Å²) in [6.45, 7) is 2.17. The first-order valence-electron chi connectivity index (χ1n) is 20.9. The third-order valence-electron chi connectivity index (χ3n) is 12.9. The van der Waals surface area contributed by atoms with Crippen LogP contribution in [0.2, 0.25) is 0 Å². The van der Waals surface area contributed by atoms with E-state index >= 15 is 0 Å². The Bertz CT molecular complexity index is 2980. The maximum absolute atomic E-state index is 2.61. The molecule has 3 aliphatic heterocycles. The molecule has 0 amide bonds. The number of anilines is 8. The van der Waals surface area contributed by atoms with Gasteiger partial charge in [0.2, 0.25) is 0 Å². The van der Waals surface area contributed by atoms with Crippen molar-refractivity contribution in [3.63, 3.8) is 0 Å². The van der Waals surface area contributed by atoms with Crippen LogP contribution in [0.15, 0.2) is 224 Å². The van der Waals surface area contributed by atoms with Crippen LogP contribution in [0.4, 0.5) is 45.5 Å². The fourth-order valence-corrected chi connectivity index (χ4v) is 10.6. The molecule has 4 heteroatoms. The van der Waals surface area contributed by atoms with Crippen LogP contribution in [0.3, 0.4) is 0 Å². The second-order valence-electron chi connectivity index (χ2n) is 16.1. The van der Waals surface area contributed by atoms with Gasteiger partial charge in [0.05, 0.1) is 11.1 Å². The Labute approximate surface area is 352 Å². The van der Waals surface area contributed by atoms with Gasteiger partial charge in [-0.1, -0.05) is 158 Å². The molecule has 0 aromatic heterocycles. The molecule has 282 valence electrons. The Kier molecular flexibility index (Phi) is 7.76. The van der Waals surface area contributed by atoms with Crippen LogP contribution in [0, 0.1) is 6.92 Å². The fourth-order valence-electron chi connectivity index (χ4n) is 10.6. The van der Waals surface area contributed by atoms with Gasteiger partial charge in [-0.15, -0.1) is 0 Å². The van der Waals surface area contributed by atoms with Gasteiger partial charge in [0.25, 0.3) is 0 Å². The highest BCUT2D eigenvalue weighted by Crippen LogP contribution is 2.59. The van der Waals surface area contributed by atoms with Gasteiger partial charge < -0.3 is 14.6 Å². The van der Waals surface area contributed by atoms with Crippen LogP contribution >= 0.6 is 0 Å². The van der Waals surface area contributed by atoms with Crippen molar-refractivity contribution in [2.45, 2.75) is 12.3 Å². The molecule has 0 fully saturated rings. The summed E-state index contributed by atoms with van der Waals surface area (Å²) in [7, 11) is 0. The second kappa shape index (κ2) is 13.5. The highest BCUT2D eigenvalue weighted by molar-refractivity contribution is 6.93. The minimum absolute atomic E-state index is 0.0867. The molecule has 0 atom stereocenters. The van der Waals surface area contributed by atoms with Gasteiger partial charge >= 0.3 is 6.85 Å². The maximum Gasteiger partial charge on any atom is 0.333 e. The van der Waals surface area contributed by atoms with Gasteiger partial charge in [-0.05, 0) is 118 Å². The smallest absolute Gasteiger partial charge is 0.333 e. The highest BCUT2D eigenvalue weighted by Gasteiger charge is 2.52. The SMILES string of the molecule is Cc1cc2c3c(c1)N1c4ccccc4C(c4ccccc4)(c4ccccc4)c4cccc(c41)B3N(c1ccccc1)c1ccc(N(c3ccccc3)c3ccccc3)cc1-2. The number of hydrogen-bond acceptors (Lipinski definition) is 3. The molecule has 12 rings (SSSR count). The van der Waals surface area contributed by atoms with Crippen LogP contribution in [0.5, 0.6) is 0 Å². The van der Waals surface area contributed by atoms with Gasteiger partial charge in [-0.25, -0.2) is 0 Å². The monoisotopic (exact) mass is 765 g/mol. The Balaban J connectivity index is 1.18. The molecule has 3 heterocycles. The number of fused-ring (bicyclic) bond motifs is 6. The van der Waals surface area contributed by atoms with E-state index in [4.69, 9.17) is 0 Å². The molecular formula is C56H40BN3. The van der Waals surface area contributed by atoms with Crippen molar-refractivity contribution in [2.24, 2.45) is 0 Å². The molecule has 0 radical (unpaired) electrons. The first kappa shape index (κ1) is 34.5. The minimum atomic E-state index is -0.553. The van der Waals surface area contributed by atoms with E-state index in [1.807, 2.05) is 0 Å². The van der Waals surface area contributed by atoms with Crippen LogP contribution in [-0.2, 0) is 5.41 Å². The largest absolute Gasteiger partial charge is 0.376 e. The summed E-state index contributed by atoms with van der Waals surface area (Å²) in [6.07, 6.45) is 0. The van der Waals surface area contributed by atoms with Gasteiger partial charge in [0.1, 0.15) is 0 Å². The number of hydrogen-bond donors (Lipinski definition) is 0. The summed E-state index contributed by atoms with van der Waals surface area (Å²) in [6, 6.07) is 82.9. The average Bonchev–Trinajstić information content (AvgIpc) is 3.31. The molecule has 60 heavy (non-hydrogen) atoms. The quantitative estimate of drug-likeness (QED) is 0.156. The highest BCUT2D eigenvalue weighted by atomic mass is 15.2. The van der Waals surface area contributed by atoms with E-state index in [9.17, 15) is 0 Å². The molecule has 9 aromatic rings. The Morgan fingerprint density at radius 3 is 1.65 bits per heavy atom. The molecule has 0 saturated heterocycles. The first-order chi connectivity index (χ1) is 29.7. The van der Waals surface area contributed by atoms with E-state index < -0.39 is 5.41 Å². The van der Waals surface area contributed by atoms with E-state index in [2.05, 4.69) is 246 Å². The van der Waals surface area contributed by atoms with Crippen molar-refractivity contribution >= 4 is 63.3 Å². The average molecular weight is 766 g/mol. The summed E-state index contributed by atoms with van der Waals surface area (Å²) in [5.74, 6) is 0. The number of aryl methyl sites for hydroxylation is 1. The lowest BCUT2D eigenvalue weighted by Gasteiger charge is -2.52. The fraction of sp³-hybridized carbons (Fsp3) is 0.0357. The summed E-state index contributed by atoms with van der Waals surface area (Å²) in [5.41, 5.74) is 20.3. The third-order valence-corrected chi connectivity index (χ3v) is 12.9. The molecule has 0 spiro atoms. The van der Waals surface area contributed by atoms with E-state index in [0.717, 1.165) is 22.7 Å². The molecule has 0 saturated carbocycles. The van der Waals surface area contributed by atoms with Crippen LogP contribution in [-0.4, -0.2) is 6.85 Å². The van der Waals surface area contributed by atoms with Gasteiger partial charge in [0.15, 0.2) is 0 Å². The predicted octanol–water partition coefficient (Wildman–Crippen LogP) is 12.9. The summed E-state index contributed by atoms with van der Waals surface area (Å²) < 4.78 is 0. The maximum atomic E-state index is 2.61. The van der Waals surface area contributed by atoms with E-state index in [1.165, 1.54) is 72.6 Å². The van der Waals surface area contributed by atoms with Crippen molar-refractivity contribution in [1.29, 1.82) is 0 Å². The topological polar surface area (TPSA) is 9.72 Å². The van der Waals surface area contributed by atoms with E-state index in [-0.39, 0.29) is 6.85 Å². The van der Waals surface area contributed by atoms with E-state index in [1.54, 1.807) is 0 Å². The summed E-state index contributed by atoms with van der Waals surface area (Å²) in [5, 5.41) is 0. The van der Waals surface area contributed by atoms with Crippen molar-refractivity contribution < 1.29 is 0 Å².